The summed E-state index contributed by atoms with van der Waals surface area (Å²) in [4.78, 5) is 23.8. The van der Waals surface area contributed by atoms with Gasteiger partial charge < -0.3 is 20.1 Å². The average molecular weight is 352 g/mol. The molecule has 1 aromatic rings. The van der Waals surface area contributed by atoms with E-state index >= 15 is 0 Å². The summed E-state index contributed by atoms with van der Waals surface area (Å²) in [7, 11) is 1.54. The summed E-state index contributed by atoms with van der Waals surface area (Å²) in [6.07, 6.45) is 2.16. The average Bonchev–Trinajstić information content (AvgIpc) is 2.64. The van der Waals surface area contributed by atoms with E-state index < -0.39 is 0 Å². The molecule has 0 spiro atoms. The molecule has 2 rings (SSSR count). The summed E-state index contributed by atoms with van der Waals surface area (Å²) >= 11 is 1.87. The van der Waals surface area contributed by atoms with Crippen molar-refractivity contribution in [3.8, 4) is 5.75 Å². The minimum Gasteiger partial charge on any atom is -0.497 e. The highest BCUT2D eigenvalue weighted by atomic mass is 32.2. The van der Waals surface area contributed by atoms with E-state index in [1.807, 2.05) is 11.8 Å². The Hall–Kier alpha value is -1.73. The van der Waals surface area contributed by atoms with Crippen molar-refractivity contribution in [1.82, 2.24) is 10.6 Å². The number of benzene rings is 1. The van der Waals surface area contributed by atoms with Crippen LogP contribution in [-0.2, 0) is 9.53 Å². The Kier molecular flexibility index (Phi) is 7.91. The van der Waals surface area contributed by atoms with Crippen LogP contribution in [0, 0.1) is 0 Å². The lowest BCUT2D eigenvalue weighted by Gasteiger charge is -2.21. The van der Waals surface area contributed by atoms with E-state index in [-0.39, 0.29) is 18.4 Å². The van der Waals surface area contributed by atoms with Crippen molar-refractivity contribution in [2.45, 2.75) is 18.1 Å². The molecule has 1 saturated heterocycles. The van der Waals surface area contributed by atoms with Gasteiger partial charge in [-0.05, 0) is 31.0 Å². The van der Waals surface area contributed by atoms with Crippen molar-refractivity contribution < 1.29 is 19.1 Å². The third-order valence-electron chi connectivity index (χ3n) is 3.69. The molecule has 2 amide bonds. The van der Waals surface area contributed by atoms with Crippen molar-refractivity contribution in [2.75, 3.05) is 39.2 Å². The molecule has 1 heterocycles. The van der Waals surface area contributed by atoms with Gasteiger partial charge in [0.2, 0.25) is 5.91 Å². The van der Waals surface area contributed by atoms with Crippen LogP contribution in [0.4, 0.5) is 0 Å². The maximum Gasteiger partial charge on any atom is 0.251 e. The minimum absolute atomic E-state index is 0.0298. The molecule has 1 aliphatic rings. The first-order valence-corrected chi connectivity index (χ1v) is 9.12. The van der Waals surface area contributed by atoms with Crippen LogP contribution in [0.3, 0.4) is 0 Å². The molecule has 0 atom stereocenters. The molecule has 0 aliphatic carbocycles. The molecule has 0 bridgehead atoms. The van der Waals surface area contributed by atoms with Gasteiger partial charge in [0, 0.05) is 36.3 Å². The molecule has 0 unspecified atom stereocenters. The van der Waals surface area contributed by atoms with Gasteiger partial charge in [0.25, 0.3) is 5.91 Å². The number of carbonyl (C=O) groups is 2. The summed E-state index contributed by atoms with van der Waals surface area (Å²) in [5.74, 6) is 1.01. The van der Waals surface area contributed by atoms with Gasteiger partial charge >= 0.3 is 0 Å². The van der Waals surface area contributed by atoms with Gasteiger partial charge in [0.15, 0.2) is 0 Å². The molecule has 0 saturated carbocycles. The number of thioether (sulfide) groups is 1. The van der Waals surface area contributed by atoms with E-state index in [0.29, 0.717) is 23.1 Å². The minimum atomic E-state index is -0.291. The van der Waals surface area contributed by atoms with Crippen molar-refractivity contribution in [3.63, 3.8) is 0 Å². The Balaban J connectivity index is 1.60. The monoisotopic (exact) mass is 352 g/mol. The molecule has 7 heteroatoms. The van der Waals surface area contributed by atoms with Crippen LogP contribution >= 0.6 is 11.8 Å². The lowest BCUT2D eigenvalue weighted by atomic mass is 10.2. The van der Waals surface area contributed by atoms with E-state index in [9.17, 15) is 9.59 Å². The van der Waals surface area contributed by atoms with E-state index in [4.69, 9.17) is 9.47 Å². The Morgan fingerprint density at radius 3 is 2.83 bits per heavy atom. The second kappa shape index (κ2) is 10.2. The van der Waals surface area contributed by atoms with Gasteiger partial charge in [-0.3, -0.25) is 9.59 Å². The zero-order valence-corrected chi connectivity index (χ0v) is 14.7. The second-order valence-corrected chi connectivity index (χ2v) is 6.86. The summed E-state index contributed by atoms with van der Waals surface area (Å²) in [5.41, 5.74) is 0.470. The molecule has 132 valence electrons. The fourth-order valence-electron chi connectivity index (χ4n) is 2.35. The number of hydrogen-bond acceptors (Lipinski definition) is 5. The SMILES string of the molecule is COc1cccc(C(=O)NCC(=O)NCCSC2CCOCC2)c1. The highest BCUT2D eigenvalue weighted by Crippen LogP contribution is 2.21. The maximum absolute atomic E-state index is 12.0. The molecule has 24 heavy (non-hydrogen) atoms. The molecular formula is C17H24N2O4S. The zero-order chi connectivity index (χ0) is 17.2. The summed E-state index contributed by atoms with van der Waals surface area (Å²) < 4.78 is 10.4. The van der Waals surface area contributed by atoms with Crippen molar-refractivity contribution in [2.24, 2.45) is 0 Å². The quantitative estimate of drug-likeness (QED) is 0.693. The van der Waals surface area contributed by atoms with Crippen LogP contribution in [0.15, 0.2) is 24.3 Å². The van der Waals surface area contributed by atoms with Crippen molar-refractivity contribution >= 4 is 23.6 Å². The lowest BCUT2D eigenvalue weighted by Crippen LogP contribution is -2.37. The number of methoxy groups -OCH3 is 1. The van der Waals surface area contributed by atoms with Crippen LogP contribution in [-0.4, -0.2) is 56.2 Å². The Labute approximate surface area is 146 Å². The highest BCUT2D eigenvalue weighted by Gasteiger charge is 2.14. The van der Waals surface area contributed by atoms with E-state index in [1.54, 1.807) is 31.4 Å². The zero-order valence-electron chi connectivity index (χ0n) is 13.9. The number of amides is 2. The predicted octanol–water partition coefficient (Wildman–Crippen LogP) is 1.45. The van der Waals surface area contributed by atoms with Crippen LogP contribution in [0.5, 0.6) is 5.75 Å². The maximum atomic E-state index is 12.0. The van der Waals surface area contributed by atoms with Gasteiger partial charge in [0.05, 0.1) is 13.7 Å². The number of rotatable bonds is 8. The normalized spacial score (nSPS) is 14.9. The smallest absolute Gasteiger partial charge is 0.251 e. The Morgan fingerprint density at radius 2 is 2.08 bits per heavy atom. The third kappa shape index (κ3) is 6.41. The first kappa shape index (κ1) is 18.6. The van der Waals surface area contributed by atoms with Crippen molar-refractivity contribution in [1.29, 1.82) is 0 Å². The van der Waals surface area contributed by atoms with Gasteiger partial charge in [-0.2, -0.15) is 11.8 Å². The van der Waals surface area contributed by atoms with Crippen LogP contribution < -0.4 is 15.4 Å². The van der Waals surface area contributed by atoms with E-state index in [0.717, 1.165) is 31.8 Å². The third-order valence-corrected chi connectivity index (χ3v) is 5.07. The largest absolute Gasteiger partial charge is 0.497 e. The summed E-state index contributed by atoms with van der Waals surface area (Å²) in [6, 6.07) is 6.82. The molecule has 1 aromatic carbocycles. The predicted molar refractivity (Wildman–Crippen MR) is 94.6 cm³/mol. The number of carbonyl (C=O) groups excluding carboxylic acids is 2. The van der Waals surface area contributed by atoms with Gasteiger partial charge in [-0.25, -0.2) is 0 Å². The van der Waals surface area contributed by atoms with Gasteiger partial charge in [-0.1, -0.05) is 6.07 Å². The fourth-order valence-corrected chi connectivity index (χ4v) is 3.43. The lowest BCUT2D eigenvalue weighted by molar-refractivity contribution is -0.120. The second-order valence-electron chi connectivity index (χ2n) is 5.45. The molecule has 1 fully saturated rings. The van der Waals surface area contributed by atoms with Crippen LogP contribution in [0.1, 0.15) is 23.2 Å². The van der Waals surface area contributed by atoms with Crippen LogP contribution in [0.25, 0.3) is 0 Å². The van der Waals surface area contributed by atoms with Gasteiger partial charge in [-0.15, -0.1) is 0 Å². The molecule has 0 radical (unpaired) electrons. The summed E-state index contributed by atoms with van der Waals surface area (Å²) in [5, 5.41) is 6.06. The topological polar surface area (TPSA) is 76.7 Å². The van der Waals surface area contributed by atoms with E-state index in [1.165, 1.54) is 0 Å². The van der Waals surface area contributed by atoms with E-state index in [2.05, 4.69) is 10.6 Å². The molecule has 2 N–H and O–H groups in total. The first-order chi connectivity index (χ1) is 11.7. The standard InChI is InChI=1S/C17H24N2O4S/c1-22-14-4-2-3-13(11-14)17(21)19-12-16(20)18-7-10-24-15-5-8-23-9-6-15/h2-4,11,15H,5-10,12H2,1H3,(H,18,20)(H,19,21). The van der Waals surface area contributed by atoms with Crippen molar-refractivity contribution in [3.05, 3.63) is 29.8 Å². The molecule has 6 nitrogen and oxygen atoms in total. The highest BCUT2D eigenvalue weighted by molar-refractivity contribution is 7.99. The Morgan fingerprint density at radius 1 is 1.29 bits per heavy atom. The number of nitrogens with one attached hydrogen (secondary N) is 2. The molecular weight excluding hydrogens is 328 g/mol. The fraction of sp³-hybridized carbons (Fsp3) is 0.529. The molecule has 0 aromatic heterocycles. The van der Waals surface area contributed by atoms with Crippen LogP contribution in [0.2, 0.25) is 0 Å². The summed E-state index contributed by atoms with van der Waals surface area (Å²) in [6.45, 7) is 2.24. The molecule has 1 aliphatic heterocycles. The Bertz CT molecular complexity index is 547. The first-order valence-electron chi connectivity index (χ1n) is 8.07. The number of hydrogen-bond donors (Lipinski definition) is 2. The van der Waals surface area contributed by atoms with Gasteiger partial charge in [0.1, 0.15) is 5.75 Å². The number of ether oxygens (including phenoxy) is 2.